The van der Waals surface area contributed by atoms with Crippen molar-refractivity contribution in [2.24, 2.45) is 0 Å². The molecule has 2 aliphatic rings. The number of amides is 1. The molecule has 182 valence electrons. The third kappa shape index (κ3) is 5.55. The minimum atomic E-state index is -3.49. The number of rotatable bonds is 7. The van der Waals surface area contributed by atoms with Gasteiger partial charge in [0.2, 0.25) is 7.37 Å². The van der Waals surface area contributed by atoms with Crippen molar-refractivity contribution in [2.45, 2.75) is 43.9 Å². The lowest BCUT2D eigenvalue weighted by Crippen LogP contribution is -2.45. The summed E-state index contributed by atoms with van der Waals surface area (Å²) in [5.74, 6) is -0.131. The molecule has 4 rings (SSSR count). The Morgan fingerprint density at radius 3 is 2.56 bits per heavy atom. The number of hydrogen-bond donors (Lipinski definition) is 4. The van der Waals surface area contributed by atoms with Gasteiger partial charge in [-0.15, -0.1) is 0 Å². The second-order valence-electron chi connectivity index (χ2n) is 8.93. The molecule has 0 spiro atoms. The lowest BCUT2D eigenvalue weighted by Gasteiger charge is -2.40. The summed E-state index contributed by atoms with van der Waals surface area (Å²) in [4.78, 5) is 29.7. The van der Waals surface area contributed by atoms with Gasteiger partial charge < -0.3 is 31.0 Å². The average Bonchev–Trinajstić information content (AvgIpc) is 2.88. The van der Waals surface area contributed by atoms with Crippen molar-refractivity contribution < 1.29 is 19.0 Å². The number of nitrogen functional groups attached to an aromatic ring is 1. The summed E-state index contributed by atoms with van der Waals surface area (Å²) in [6, 6.07) is 9.00. The molecule has 2 aliphatic heterocycles. The Hall–Kier alpha value is -2.58. The number of anilines is 1. The zero-order valence-electron chi connectivity index (χ0n) is 19.2. The highest BCUT2D eigenvalue weighted by molar-refractivity contribution is 7.66. The summed E-state index contributed by atoms with van der Waals surface area (Å²) in [5.41, 5.74) is 6.96. The third-order valence-corrected chi connectivity index (χ3v) is 9.37. The first-order valence-electron chi connectivity index (χ1n) is 11.7. The highest BCUT2D eigenvalue weighted by Crippen LogP contribution is 2.49. The van der Waals surface area contributed by atoms with Gasteiger partial charge in [-0.3, -0.25) is 9.36 Å². The number of likely N-dealkylation sites (tertiary alicyclic amines) is 1. The van der Waals surface area contributed by atoms with E-state index in [1.807, 2.05) is 0 Å². The zero-order chi connectivity index (χ0) is 24.1. The minimum absolute atomic E-state index is 0.199. The molecule has 10 heteroatoms. The average molecular weight is 486 g/mol. The van der Waals surface area contributed by atoms with Crippen LogP contribution in [0.1, 0.15) is 47.2 Å². The Labute approximate surface area is 199 Å². The van der Waals surface area contributed by atoms with Crippen LogP contribution in [0.5, 0.6) is 0 Å². The normalized spacial score (nSPS) is 19.9. The fraction of sp³-hybridized carbons (Fsp3) is 0.458. The quantitative estimate of drug-likeness (QED) is 0.348. The van der Waals surface area contributed by atoms with Crippen LogP contribution >= 0.6 is 7.37 Å². The summed E-state index contributed by atoms with van der Waals surface area (Å²) in [6.07, 6.45) is 5.94. The zero-order valence-corrected chi connectivity index (χ0v) is 20.0. The molecule has 1 unspecified atom stereocenters. The number of benzene rings is 1. The lowest BCUT2D eigenvalue weighted by molar-refractivity contribution is 0.0274. The van der Waals surface area contributed by atoms with E-state index in [4.69, 9.17) is 15.9 Å². The van der Waals surface area contributed by atoms with Gasteiger partial charge >= 0.3 is 0 Å². The van der Waals surface area contributed by atoms with Gasteiger partial charge in [0.05, 0.1) is 5.56 Å². The number of carbonyl (C=O) groups excluding carboxylic acids is 1. The van der Waals surface area contributed by atoms with Gasteiger partial charge in [-0.05, 0) is 62.5 Å². The van der Waals surface area contributed by atoms with Gasteiger partial charge in [0.1, 0.15) is 5.82 Å². The van der Waals surface area contributed by atoms with Gasteiger partial charge in [0.25, 0.3) is 5.91 Å². The predicted octanol–water partition coefficient (Wildman–Crippen LogP) is 2.13. The van der Waals surface area contributed by atoms with Crippen molar-refractivity contribution in [3.05, 3.63) is 53.2 Å². The van der Waals surface area contributed by atoms with Gasteiger partial charge in [-0.25, -0.2) is 4.98 Å². The molecule has 2 saturated heterocycles. The van der Waals surface area contributed by atoms with E-state index in [0.29, 0.717) is 22.5 Å². The summed E-state index contributed by atoms with van der Waals surface area (Å²) in [6.45, 7) is 3.57. The second-order valence-corrected chi connectivity index (χ2v) is 11.4. The van der Waals surface area contributed by atoms with Crippen molar-refractivity contribution in [2.75, 3.05) is 32.0 Å². The van der Waals surface area contributed by atoms with E-state index in [1.165, 1.54) is 12.3 Å². The highest BCUT2D eigenvalue weighted by Gasteiger charge is 2.37. The Kier molecular flexibility index (Phi) is 7.78. The van der Waals surface area contributed by atoms with E-state index < -0.39 is 7.37 Å². The van der Waals surface area contributed by atoms with Crippen LogP contribution in [0, 0.1) is 5.41 Å². The Morgan fingerprint density at radius 1 is 1.24 bits per heavy atom. The van der Waals surface area contributed by atoms with Gasteiger partial charge in [-0.1, -0.05) is 12.1 Å². The smallest absolute Gasteiger partial charge is 0.253 e. The number of ether oxygens (including phenoxy) is 1. The first-order valence-corrected chi connectivity index (χ1v) is 13.4. The van der Waals surface area contributed by atoms with E-state index >= 15 is 0 Å². The molecule has 1 amide bonds. The van der Waals surface area contributed by atoms with Gasteiger partial charge in [0, 0.05) is 54.7 Å². The maximum Gasteiger partial charge on any atom is 0.253 e. The van der Waals surface area contributed by atoms with Crippen molar-refractivity contribution >= 4 is 30.6 Å². The number of nitrogens with zero attached hydrogens (tertiary/aromatic N) is 2. The molecule has 0 bridgehead atoms. The van der Waals surface area contributed by atoms with E-state index in [0.717, 1.165) is 63.8 Å². The molecular weight excluding hydrogens is 453 g/mol. The Morgan fingerprint density at radius 2 is 1.91 bits per heavy atom. The molecule has 0 aliphatic carbocycles. The SMILES string of the molecule is N=Cc1cc(C(=O)NCc2ccc(P(=O)(O)C3CCN(C4CCOCC4)CC3)cc2)cnc1N. The molecule has 3 heterocycles. The molecule has 2 aromatic rings. The molecule has 1 aromatic carbocycles. The number of aromatic nitrogens is 1. The van der Waals surface area contributed by atoms with Crippen molar-refractivity contribution in [3.63, 3.8) is 0 Å². The van der Waals surface area contributed by atoms with Crippen molar-refractivity contribution in [3.8, 4) is 0 Å². The summed E-state index contributed by atoms with van der Waals surface area (Å²) in [7, 11) is -3.49. The van der Waals surface area contributed by atoms with Crippen LogP contribution < -0.4 is 16.4 Å². The van der Waals surface area contributed by atoms with Crippen molar-refractivity contribution in [1.82, 2.24) is 15.2 Å². The maximum absolute atomic E-state index is 13.3. The number of pyridine rings is 1. The molecule has 9 nitrogen and oxygen atoms in total. The fourth-order valence-electron chi connectivity index (χ4n) is 4.71. The van der Waals surface area contributed by atoms with E-state index in [2.05, 4.69) is 15.2 Å². The first kappa shape index (κ1) is 24.5. The summed E-state index contributed by atoms with van der Waals surface area (Å²) < 4.78 is 18.8. The number of nitrogens with two attached hydrogens (primary N) is 1. The molecule has 34 heavy (non-hydrogen) atoms. The highest BCUT2D eigenvalue weighted by atomic mass is 31.2. The van der Waals surface area contributed by atoms with E-state index in [-0.39, 0.29) is 23.9 Å². The molecule has 1 atom stereocenters. The van der Waals surface area contributed by atoms with Crippen LogP contribution in [-0.2, 0) is 15.8 Å². The Bertz CT molecular complexity index is 1060. The van der Waals surface area contributed by atoms with Crippen LogP contribution in [-0.4, -0.2) is 64.9 Å². The minimum Gasteiger partial charge on any atom is -0.383 e. The largest absolute Gasteiger partial charge is 0.383 e. The number of hydrogen-bond acceptors (Lipinski definition) is 7. The molecule has 0 radical (unpaired) electrons. The number of piperidine rings is 1. The lowest BCUT2D eigenvalue weighted by atomic mass is 10.0. The maximum atomic E-state index is 13.3. The fourth-order valence-corrected chi connectivity index (χ4v) is 6.63. The van der Waals surface area contributed by atoms with Crippen LogP contribution in [0.2, 0.25) is 0 Å². The predicted molar refractivity (Wildman–Crippen MR) is 132 cm³/mol. The summed E-state index contributed by atoms with van der Waals surface area (Å²) >= 11 is 0. The van der Waals surface area contributed by atoms with Gasteiger partial charge in [0.15, 0.2) is 0 Å². The summed E-state index contributed by atoms with van der Waals surface area (Å²) in [5, 5.41) is 10.6. The molecule has 1 aromatic heterocycles. The van der Waals surface area contributed by atoms with E-state index in [1.54, 1.807) is 24.3 Å². The topological polar surface area (TPSA) is 142 Å². The van der Waals surface area contributed by atoms with Crippen LogP contribution in [0.4, 0.5) is 5.82 Å². The molecule has 0 saturated carbocycles. The van der Waals surface area contributed by atoms with Crippen LogP contribution in [0.25, 0.3) is 0 Å². The molecule has 5 N–H and O–H groups in total. The van der Waals surface area contributed by atoms with Crippen molar-refractivity contribution in [1.29, 1.82) is 5.41 Å². The molecule has 2 fully saturated rings. The van der Waals surface area contributed by atoms with Gasteiger partial charge in [-0.2, -0.15) is 0 Å². The van der Waals surface area contributed by atoms with E-state index in [9.17, 15) is 14.3 Å². The Balaban J connectivity index is 1.32. The molecular formula is C24H32N5O4P. The van der Waals surface area contributed by atoms with Crippen LogP contribution in [0.15, 0.2) is 36.5 Å². The monoisotopic (exact) mass is 485 g/mol. The number of carbonyl (C=O) groups is 1. The third-order valence-electron chi connectivity index (χ3n) is 6.83. The number of nitrogens with one attached hydrogen (secondary N) is 2. The second kappa shape index (κ2) is 10.8. The standard InChI is InChI=1S/C24H32N5O4P/c25-14-18-13-19(16-27-23(18)26)24(30)28-15-17-1-3-21(4-2-17)34(31,32)22-5-9-29(10-6-22)20-7-11-33-12-8-20/h1-4,13-14,16,20,22,25H,5-12,15H2,(H2,26,27)(H,28,30)(H,31,32). The first-order chi connectivity index (χ1) is 16.4. The van der Waals surface area contributed by atoms with Crippen LogP contribution in [0.3, 0.4) is 0 Å².